The Balaban J connectivity index is 1.13. The highest BCUT2D eigenvalue weighted by Crippen LogP contribution is 2.30. The van der Waals surface area contributed by atoms with Crippen molar-refractivity contribution in [3.63, 3.8) is 0 Å². The van der Waals surface area contributed by atoms with Crippen LogP contribution in [0.2, 0.25) is 0 Å². The Morgan fingerprint density at radius 2 is 2.00 bits per heavy atom. The standard InChI is InChI=1S/C23H33F2N5O3S/c1-15-26-20(29-33-15)13-21(31)27-17-5-3-16(4-6-17)7-10-30-11-8-18-19(9-12-30)34-22(28-18)32-14-23(2,24)25/h16-17H,3-14H2,1-2H3,(H,27,31)/t16-,17-. The van der Waals surface area contributed by atoms with Gasteiger partial charge in [0.05, 0.1) is 12.1 Å². The van der Waals surface area contributed by atoms with Gasteiger partial charge in [0.2, 0.25) is 11.8 Å². The van der Waals surface area contributed by atoms with E-state index in [9.17, 15) is 13.6 Å². The molecule has 0 radical (unpaired) electrons. The minimum atomic E-state index is -2.85. The first-order chi connectivity index (χ1) is 16.2. The molecule has 2 aromatic heterocycles. The molecule has 1 amide bonds. The van der Waals surface area contributed by atoms with E-state index in [1.165, 1.54) is 11.3 Å². The Morgan fingerprint density at radius 1 is 1.24 bits per heavy atom. The summed E-state index contributed by atoms with van der Waals surface area (Å²) >= 11 is 1.40. The fraction of sp³-hybridized carbons (Fsp3) is 0.739. The molecule has 0 saturated heterocycles. The highest BCUT2D eigenvalue weighted by Gasteiger charge is 2.26. The zero-order chi connectivity index (χ0) is 24.1. The summed E-state index contributed by atoms with van der Waals surface area (Å²) in [5.41, 5.74) is 0.995. The molecular weight excluding hydrogens is 464 g/mol. The number of alkyl halides is 2. The van der Waals surface area contributed by atoms with Crippen molar-refractivity contribution in [3.8, 4) is 5.19 Å². The zero-order valence-corrected chi connectivity index (χ0v) is 20.6. The maximum Gasteiger partial charge on any atom is 0.278 e. The smallest absolute Gasteiger partial charge is 0.278 e. The van der Waals surface area contributed by atoms with Gasteiger partial charge in [0, 0.05) is 44.3 Å². The van der Waals surface area contributed by atoms with E-state index in [0.29, 0.717) is 22.8 Å². The van der Waals surface area contributed by atoms with Crippen LogP contribution in [0.5, 0.6) is 5.19 Å². The molecule has 34 heavy (non-hydrogen) atoms. The van der Waals surface area contributed by atoms with Gasteiger partial charge in [-0.1, -0.05) is 16.5 Å². The number of hydrogen-bond donors (Lipinski definition) is 1. The number of aryl methyl sites for hydroxylation is 1. The molecule has 8 nitrogen and oxygen atoms in total. The van der Waals surface area contributed by atoms with Crippen LogP contribution in [-0.4, -0.2) is 64.1 Å². The summed E-state index contributed by atoms with van der Waals surface area (Å²) in [6, 6.07) is 0.223. The SMILES string of the molecule is Cc1nc(CC(=O)N[C@H]2CC[C@H](CCN3CCc4nc(OCC(C)(F)F)sc4CC3)CC2)no1. The second-order valence-corrected chi connectivity index (χ2v) is 10.6. The number of rotatable bonds is 9. The number of aromatic nitrogens is 3. The van der Waals surface area contributed by atoms with Gasteiger partial charge >= 0.3 is 0 Å². The summed E-state index contributed by atoms with van der Waals surface area (Å²) in [6.07, 6.45) is 7.28. The van der Waals surface area contributed by atoms with Gasteiger partial charge < -0.3 is 19.5 Å². The number of fused-ring (bicyclic) bond motifs is 1. The largest absolute Gasteiger partial charge is 0.464 e. The van der Waals surface area contributed by atoms with Crippen molar-refractivity contribution in [2.45, 2.75) is 77.2 Å². The van der Waals surface area contributed by atoms with E-state index >= 15 is 0 Å². The van der Waals surface area contributed by atoms with E-state index in [0.717, 1.165) is 82.1 Å². The van der Waals surface area contributed by atoms with Gasteiger partial charge in [-0.2, -0.15) is 4.98 Å². The number of nitrogens with zero attached hydrogens (tertiary/aromatic N) is 4. The molecule has 1 N–H and O–H groups in total. The van der Waals surface area contributed by atoms with Crippen molar-refractivity contribution in [2.24, 2.45) is 5.92 Å². The lowest BCUT2D eigenvalue weighted by Crippen LogP contribution is -2.39. The molecule has 0 atom stereocenters. The number of ether oxygens (including phenoxy) is 1. The summed E-state index contributed by atoms with van der Waals surface area (Å²) in [7, 11) is 0. The lowest BCUT2D eigenvalue weighted by molar-refractivity contribution is -0.121. The van der Waals surface area contributed by atoms with Gasteiger partial charge in [-0.15, -0.1) is 0 Å². The molecule has 0 spiro atoms. The first-order valence-corrected chi connectivity index (χ1v) is 12.9. The fourth-order valence-corrected chi connectivity index (χ4v) is 5.60. The first-order valence-electron chi connectivity index (χ1n) is 12.0. The average molecular weight is 498 g/mol. The summed E-state index contributed by atoms with van der Waals surface area (Å²) < 4.78 is 36.2. The third kappa shape index (κ3) is 7.43. The quantitative estimate of drug-likeness (QED) is 0.566. The molecule has 0 aromatic carbocycles. The van der Waals surface area contributed by atoms with Crippen molar-refractivity contribution in [3.05, 3.63) is 22.3 Å². The van der Waals surface area contributed by atoms with Crippen molar-refractivity contribution in [1.82, 2.24) is 25.3 Å². The van der Waals surface area contributed by atoms with E-state index in [-0.39, 0.29) is 18.4 Å². The number of nitrogens with one attached hydrogen (secondary N) is 1. The molecule has 1 aliphatic heterocycles. The Bertz CT molecular complexity index is 927. The molecular formula is C23H33F2N5O3S. The van der Waals surface area contributed by atoms with Gasteiger partial charge in [-0.25, -0.2) is 13.8 Å². The monoisotopic (exact) mass is 497 g/mol. The molecule has 0 bridgehead atoms. The fourth-order valence-electron chi connectivity index (χ4n) is 4.66. The van der Waals surface area contributed by atoms with Crippen LogP contribution in [-0.2, 0) is 24.1 Å². The highest BCUT2D eigenvalue weighted by molar-refractivity contribution is 7.13. The van der Waals surface area contributed by atoms with Crippen LogP contribution in [0, 0.1) is 12.8 Å². The van der Waals surface area contributed by atoms with E-state index in [4.69, 9.17) is 9.26 Å². The zero-order valence-electron chi connectivity index (χ0n) is 19.8. The van der Waals surface area contributed by atoms with Crippen LogP contribution in [0.3, 0.4) is 0 Å². The number of carbonyl (C=O) groups excluding carboxylic acids is 1. The maximum absolute atomic E-state index is 13.0. The van der Waals surface area contributed by atoms with Crippen molar-refractivity contribution in [1.29, 1.82) is 0 Å². The van der Waals surface area contributed by atoms with Gasteiger partial charge in [0.25, 0.3) is 11.1 Å². The number of halogens is 2. The normalized spacial score (nSPS) is 21.6. The molecule has 2 aliphatic rings. The third-order valence-corrected chi connectivity index (χ3v) is 7.55. The summed E-state index contributed by atoms with van der Waals surface area (Å²) in [4.78, 5) is 24.4. The summed E-state index contributed by atoms with van der Waals surface area (Å²) in [6.45, 7) is 4.88. The number of thiazole rings is 1. The minimum Gasteiger partial charge on any atom is -0.464 e. The van der Waals surface area contributed by atoms with Crippen LogP contribution in [0.25, 0.3) is 0 Å². The Morgan fingerprint density at radius 3 is 2.71 bits per heavy atom. The Kier molecular flexibility index (Phi) is 8.13. The lowest BCUT2D eigenvalue weighted by Gasteiger charge is -2.30. The topological polar surface area (TPSA) is 93.4 Å². The molecule has 11 heteroatoms. The molecule has 4 rings (SSSR count). The van der Waals surface area contributed by atoms with Crippen LogP contribution in [0.4, 0.5) is 8.78 Å². The molecule has 2 aromatic rings. The summed E-state index contributed by atoms with van der Waals surface area (Å²) in [5.74, 6) is -1.32. The minimum absolute atomic E-state index is 0.0492. The van der Waals surface area contributed by atoms with E-state index in [2.05, 4.69) is 25.3 Å². The number of carbonyl (C=O) groups is 1. The van der Waals surface area contributed by atoms with Crippen LogP contribution >= 0.6 is 11.3 Å². The molecule has 1 aliphatic carbocycles. The van der Waals surface area contributed by atoms with Crippen LogP contribution in [0.1, 0.15) is 61.3 Å². The second-order valence-electron chi connectivity index (χ2n) is 9.53. The lowest BCUT2D eigenvalue weighted by atomic mass is 9.84. The molecule has 0 unspecified atom stereocenters. The molecule has 1 saturated carbocycles. The van der Waals surface area contributed by atoms with Crippen LogP contribution < -0.4 is 10.1 Å². The van der Waals surface area contributed by atoms with Gasteiger partial charge in [0.1, 0.15) is 0 Å². The molecule has 3 heterocycles. The molecule has 188 valence electrons. The Labute approximate surface area is 202 Å². The predicted octanol–water partition coefficient (Wildman–Crippen LogP) is 3.58. The van der Waals surface area contributed by atoms with Gasteiger partial charge in [-0.05, 0) is 51.0 Å². The van der Waals surface area contributed by atoms with Crippen molar-refractivity contribution >= 4 is 17.2 Å². The highest BCUT2D eigenvalue weighted by atomic mass is 32.1. The van der Waals surface area contributed by atoms with Gasteiger partial charge in [0.15, 0.2) is 12.4 Å². The van der Waals surface area contributed by atoms with E-state index in [1.54, 1.807) is 6.92 Å². The molecule has 1 fully saturated rings. The third-order valence-electron chi connectivity index (χ3n) is 6.48. The number of amides is 1. The van der Waals surface area contributed by atoms with Gasteiger partial charge in [-0.3, -0.25) is 4.79 Å². The first kappa shape index (κ1) is 25.0. The second kappa shape index (κ2) is 11.1. The van der Waals surface area contributed by atoms with E-state index in [1.807, 2.05) is 0 Å². The van der Waals surface area contributed by atoms with Crippen LogP contribution in [0.15, 0.2) is 4.52 Å². The summed E-state index contributed by atoms with van der Waals surface area (Å²) in [5, 5.41) is 7.25. The number of hydrogen-bond acceptors (Lipinski definition) is 8. The maximum atomic E-state index is 13.0. The van der Waals surface area contributed by atoms with Crippen molar-refractivity contribution in [2.75, 3.05) is 26.2 Å². The predicted molar refractivity (Wildman–Crippen MR) is 123 cm³/mol. The van der Waals surface area contributed by atoms with E-state index < -0.39 is 12.5 Å². The average Bonchev–Trinajstić information content (AvgIpc) is 3.32. The van der Waals surface area contributed by atoms with Crippen molar-refractivity contribution < 1.29 is 22.8 Å². The Hall–Kier alpha value is -2.14.